The molecule has 1 atom stereocenters. The van der Waals surface area contributed by atoms with E-state index in [1.165, 1.54) is 36.2 Å². The fourth-order valence-corrected chi connectivity index (χ4v) is 4.56. The Balaban J connectivity index is 1.71. The van der Waals surface area contributed by atoms with Crippen LogP contribution in [-0.4, -0.2) is 32.5 Å². The number of rotatable bonds is 4. The summed E-state index contributed by atoms with van der Waals surface area (Å²) in [6, 6.07) is 4.24. The van der Waals surface area contributed by atoms with E-state index in [0.29, 0.717) is 6.54 Å². The van der Waals surface area contributed by atoms with Crippen LogP contribution in [-0.2, 0) is 6.54 Å². The molecular weight excluding hydrogens is 332 g/mol. The zero-order valence-corrected chi connectivity index (χ0v) is 15.2. The summed E-state index contributed by atoms with van der Waals surface area (Å²) in [5.41, 5.74) is 3.14. The second kappa shape index (κ2) is 7.06. The summed E-state index contributed by atoms with van der Waals surface area (Å²) in [6.07, 6.45) is 9.15. The highest BCUT2D eigenvalue weighted by Gasteiger charge is 2.24. The number of aryl methyl sites for hydroxylation is 1. The summed E-state index contributed by atoms with van der Waals surface area (Å²) < 4.78 is 2.52. The lowest BCUT2D eigenvalue weighted by atomic mass is 10.0. The summed E-state index contributed by atoms with van der Waals surface area (Å²) in [5, 5.41) is 2.01. The molecule has 1 aliphatic heterocycles. The van der Waals surface area contributed by atoms with Crippen LogP contribution in [0.1, 0.15) is 36.4 Å². The fourth-order valence-electron chi connectivity index (χ4n) is 3.61. The third kappa shape index (κ3) is 3.24. The molecule has 0 saturated carbocycles. The van der Waals surface area contributed by atoms with Crippen LogP contribution in [0.4, 0.5) is 0 Å². The Kier molecular flexibility index (Phi) is 4.63. The zero-order valence-electron chi connectivity index (χ0n) is 14.4. The van der Waals surface area contributed by atoms with Crippen molar-refractivity contribution in [1.29, 1.82) is 0 Å². The minimum Gasteiger partial charge on any atom is -0.296 e. The third-order valence-corrected chi connectivity index (χ3v) is 6.07. The smallest absolute Gasteiger partial charge is 0.271 e. The maximum Gasteiger partial charge on any atom is 0.271 e. The van der Waals surface area contributed by atoms with Crippen molar-refractivity contribution in [2.45, 2.75) is 38.8 Å². The van der Waals surface area contributed by atoms with Crippen molar-refractivity contribution >= 4 is 21.6 Å². The molecule has 130 valence electrons. The number of aromatic nitrogens is 3. The first-order valence-corrected chi connectivity index (χ1v) is 9.69. The Labute approximate surface area is 151 Å². The van der Waals surface area contributed by atoms with E-state index in [1.807, 2.05) is 24.6 Å². The minimum absolute atomic E-state index is 0.0639. The predicted molar refractivity (Wildman–Crippen MR) is 101 cm³/mol. The van der Waals surface area contributed by atoms with Gasteiger partial charge in [-0.2, -0.15) is 0 Å². The maximum atomic E-state index is 12.9. The van der Waals surface area contributed by atoms with Crippen LogP contribution in [0.25, 0.3) is 10.2 Å². The highest BCUT2D eigenvalue weighted by Crippen LogP contribution is 2.26. The van der Waals surface area contributed by atoms with Gasteiger partial charge in [-0.1, -0.05) is 12.5 Å². The van der Waals surface area contributed by atoms with Crippen LogP contribution in [0.3, 0.4) is 0 Å². The van der Waals surface area contributed by atoms with E-state index >= 15 is 0 Å². The van der Waals surface area contributed by atoms with Gasteiger partial charge in [-0.25, -0.2) is 4.98 Å². The van der Waals surface area contributed by atoms with E-state index in [9.17, 15) is 4.79 Å². The molecule has 1 fully saturated rings. The first-order chi connectivity index (χ1) is 12.2. The molecule has 25 heavy (non-hydrogen) atoms. The first kappa shape index (κ1) is 16.4. The first-order valence-electron chi connectivity index (χ1n) is 8.81. The fraction of sp³-hybridized carbons (Fsp3) is 0.421. The van der Waals surface area contributed by atoms with Gasteiger partial charge >= 0.3 is 0 Å². The number of likely N-dealkylation sites (tertiary alicyclic amines) is 1. The molecule has 3 aromatic heterocycles. The molecule has 0 amide bonds. The van der Waals surface area contributed by atoms with Crippen molar-refractivity contribution in [1.82, 2.24) is 19.4 Å². The highest BCUT2D eigenvalue weighted by molar-refractivity contribution is 7.17. The van der Waals surface area contributed by atoms with Crippen molar-refractivity contribution in [3.8, 4) is 0 Å². The molecule has 0 N–H and O–H groups in total. The van der Waals surface area contributed by atoms with E-state index < -0.39 is 0 Å². The molecule has 1 saturated heterocycles. The van der Waals surface area contributed by atoms with E-state index in [2.05, 4.69) is 20.9 Å². The van der Waals surface area contributed by atoms with Gasteiger partial charge in [0.05, 0.1) is 17.9 Å². The van der Waals surface area contributed by atoms with Gasteiger partial charge in [0.25, 0.3) is 5.56 Å². The van der Waals surface area contributed by atoms with E-state index in [-0.39, 0.29) is 11.6 Å². The normalized spacial score (nSPS) is 17.0. The largest absolute Gasteiger partial charge is 0.296 e. The number of hydrogen-bond acceptors (Lipinski definition) is 5. The number of thiophene rings is 1. The monoisotopic (exact) mass is 354 g/mol. The SMILES string of the molecule is Cc1csc2c(=O)n(CC(c3cccnc3)N3CCCCC3)cnc12. The molecule has 0 aromatic carbocycles. The van der Waals surface area contributed by atoms with Crippen LogP contribution < -0.4 is 5.56 Å². The van der Waals surface area contributed by atoms with Gasteiger partial charge < -0.3 is 0 Å². The van der Waals surface area contributed by atoms with Crippen LogP contribution >= 0.6 is 11.3 Å². The number of nitrogens with zero attached hydrogens (tertiary/aromatic N) is 4. The maximum absolute atomic E-state index is 12.9. The average molecular weight is 354 g/mol. The molecular formula is C19H22N4OS. The molecule has 1 aliphatic rings. The Hall–Kier alpha value is -2.05. The molecule has 3 aromatic rings. The second-order valence-corrected chi connectivity index (χ2v) is 7.58. The summed E-state index contributed by atoms with van der Waals surface area (Å²) in [4.78, 5) is 24.2. The van der Waals surface area contributed by atoms with Crippen molar-refractivity contribution < 1.29 is 0 Å². The molecule has 0 spiro atoms. The Morgan fingerprint density at radius 3 is 2.88 bits per heavy atom. The minimum atomic E-state index is 0.0639. The van der Waals surface area contributed by atoms with Gasteiger partial charge in [0.15, 0.2) is 0 Å². The molecule has 0 radical (unpaired) electrons. The summed E-state index contributed by atoms with van der Waals surface area (Å²) in [6.45, 7) is 4.76. The molecule has 5 nitrogen and oxygen atoms in total. The van der Waals surface area contributed by atoms with Gasteiger partial charge in [0.1, 0.15) is 4.70 Å². The predicted octanol–water partition coefficient (Wildman–Crippen LogP) is 3.39. The molecule has 4 rings (SSSR count). The number of pyridine rings is 1. The van der Waals surface area contributed by atoms with Crippen LogP contribution in [0.15, 0.2) is 41.0 Å². The van der Waals surface area contributed by atoms with Gasteiger partial charge in [-0.3, -0.25) is 19.2 Å². The van der Waals surface area contributed by atoms with Crippen molar-refractivity contribution in [3.05, 3.63) is 57.7 Å². The highest BCUT2D eigenvalue weighted by atomic mass is 32.1. The second-order valence-electron chi connectivity index (χ2n) is 6.70. The van der Waals surface area contributed by atoms with Gasteiger partial charge in [0.2, 0.25) is 0 Å². The molecule has 1 unspecified atom stereocenters. The lowest BCUT2D eigenvalue weighted by Crippen LogP contribution is -2.37. The van der Waals surface area contributed by atoms with Gasteiger partial charge in [0, 0.05) is 18.9 Å². The van der Waals surface area contributed by atoms with Crippen LogP contribution in [0.5, 0.6) is 0 Å². The molecule has 4 heterocycles. The summed E-state index contributed by atoms with van der Waals surface area (Å²) >= 11 is 1.49. The van der Waals surface area contributed by atoms with Gasteiger partial charge in [-0.15, -0.1) is 11.3 Å². The van der Waals surface area contributed by atoms with Crippen molar-refractivity contribution in [2.75, 3.05) is 13.1 Å². The summed E-state index contributed by atoms with van der Waals surface area (Å²) in [5.74, 6) is 0. The standard InChI is InChI=1S/C19H22N4OS/c1-14-12-25-18-17(14)21-13-23(19(18)24)11-16(15-6-5-7-20-10-15)22-8-3-2-4-9-22/h5-7,10,12-13,16H,2-4,8-9,11H2,1H3. The summed E-state index contributed by atoms with van der Waals surface area (Å²) in [7, 11) is 0. The van der Waals surface area contributed by atoms with Crippen molar-refractivity contribution in [3.63, 3.8) is 0 Å². The Morgan fingerprint density at radius 1 is 1.28 bits per heavy atom. The van der Waals surface area contributed by atoms with Gasteiger partial charge in [-0.05, 0) is 55.4 Å². The number of piperidine rings is 1. The zero-order chi connectivity index (χ0) is 17.2. The van der Waals surface area contributed by atoms with E-state index in [4.69, 9.17) is 0 Å². The lowest BCUT2D eigenvalue weighted by Gasteiger charge is -2.35. The van der Waals surface area contributed by atoms with E-state index in [1.54, 1.807) is 17.1 Å². The molecule has 6 heteroatoms. The third-order valence-electron chi connectivity index (χ3n) is 4.99. The number of hydrogen-bond donors (Lipinski definition) is 0. The molecule has 0 aliphatic carbocycles. The van der Waals surface area contributed by atoms with Crippen LogP contribution in [0, 0.1) is 6.92 Å². The van der Waals surface area contributed by atoms with E-state index in [0.717, 1.165) is 28.9 Å². The Morgan fingerprint density at radius 2 is 2.12 bits per heavy atom. The lowest BCUT2D eigenvalue weighted by molar-refractivity contribution is 0.147. The van der Waals surface area contributed by atoms with Crippen molar-refractivity contribution in [2.24, 2.45) is 0 Å². The average Bonchev–Trinajstić information content (AvgIpc) is 3.04. The topological polar surface area (TPSA) is 51.0 Å². The quantitative estimate of drug-likeness (QED) is 0.721. The molecule has 0 bridgehead atoms. The van der Waals surface area contributed by atoms with Crippen LogP contribution in [0.2, 0.25) is 0 Å². The number of fused-ring (bicyclic) bond motifs is 1. The Bertz CT molecular complexity index is 912.